The number of hydrogen-bond acceptors (Lipinski definition) is 1. The third-order valence-electron chi connectivity index (χ3n) is 4.04. The molecule has 22 heavy (non-hydrogen) atoms. The molecule has 106 valence electrons. The number of H-pyrrole nitrogens is 1. The Morgan fingerprint density at radius 1 is 0.773 bits per heavy atom. The van der Waals surface area contributed by atoms with Gasteiger partial charge in [0.2, 0.25) is 0 Å². The predicted octanol–water partition coefficient (Wildman–Crippen LogP) is 4.74. The molecule has 2 aromatic heterocycles. The number of pyridine rings is 1. The lowest BCUT2D eigenvalue weighted by atomic mass is 9.87. The summed E-state index contributed by atoms with van der Waals surface area (Å²) in [6.45, 7) is 0. The molecule has 1 N–H and O–H groups in total. The van der Waals surface area contributed by atoms with Crippen molar-refractivity contribution in [3.05, 3.63) is 102 Å². The molecule has 0 aliphatic rings. The summed E-state index contributed by atoms with van der Waals surface area (Å²) in [6.07, 6.45) is 3.84. The summed E-state index contributed by atoms with van der Waals surface area (Å²) in [5.41, 5.74) is 4.74. The normalized spacial score (nSPS) is 12.4. The fourth-order valence-corrected chi connectivity index (χ4v) is 3.06. The van der Waals surface area contributed by atoms with Gasteiger partial charge in [-0.25, -0.2) is 0 Å². The first-order valence-electron chi connectivity index (χ1n) is 7.45. The fraction of sp³-hybridized carbons (Fsp3) is 0.0500. The van der Waals surface area contributed by atoms with Crippen LogP contribution in [0.1, 0.15) is 22.7 Å². The van der Waals surface area contributed by atoms with Crippen molar-refractivity contribution < 1.29 is 0 Å². The second-order valence-electron chi connectivity index (χ2n) is 5.39. The lowest BCUT2D eigenvalue weighted by molar-refractivity contribution is 0.939. The van der Waals surface area contributed by atoms with Crippen molar-refractivity contribution in [3.8, 4) is 0 Å². The Kier molecular flexibility index (Phi) is 3.20. The third-order valence-corrected chi connectivity index (χ3v) is 4.04. The van der Waals surface area contributed by atoms with E-state index in [0.717, 1.165) is 5.52 Å². The molecule has 0 saturated heterocycles. The fourth-order valence-electron chi connectivity index (χ4n) is 3.06. The summed E-state index contributed by atoms with van der Waals surface area (Å²) in [5, 5.41) is 1.17. The van der Waals surface area contributed by atoms with Gasteiger partial charge in [0.1, 0.15) is 0 Å². The van der Waals surface area contributed by atoms with E-state index >= 15 is 0 Å². The monoisotopic (exact) mass is 284 g/mol. The average Bonchev–Trinajstić information content (AvgIpc) is 3.11. The molecule has 0 spiro atoms. The molecule has 0 amide bonds. The number of aromatic amines is 1. The summed E-state index contributed by atoms with van der Waals surface area (Å²) in [6, 6.07) is 25.3. The lowest BCUT2D eigenvalue weighted by Crippen LogP contribution is -2.05. The molecule has 0 saturated carbocycles. The van der Waals surface area contributed by atoms with Crippen LogP contribution in [-0.4, -0.2) is 9.97 Å². The molecule has 0 bridgehead atoms. The Balaban J connectivity index is 1.98. The Labute approximate surface area is 129 Å². The Morgan fingerprint density at radius 3 is 2.45 bits per heavy atom. The van der Waals surface area contributed by atoms with E-state index in [9.17, 15) is 0 Å². The Bertz CT molecular complexity index is 875. The quantitative estimate of drug-likeness (QED) is 0.578. The van der Waals surface area contributed by atoms with Gasteiger partial charge in [0.05, 0.1) is 11.4 Å². The number of benzene rings is 2. The zero-order chi connectivity index (χ0) is 14.8. The topological polar surface area (TPSA) is 28.7 Å². The van der Waals surface area contributed by atoms with E-state index in [0.29, 0.717) is 0 Å². The van der Waals surface area contributed by atoms with Crippen LogP contribution in [0.4, 0.5) is 0 Å². The van der Waals surface area contributed by atoms with E-state index in [4.69, 9.17) is 0 Å². The van der Waals surface area contributed by atoms with Crippen LogP contribution in [0.5, 0.6) is 0 Å². The molecule has 2 heteroatoms. The number of nitrogens with zero attached hydrogens (tertiary/aromatic N) is 1. The molecule has 0 fully saturated rings. The number of aromatic nitrogens is 2. The smallest absolute Gasteiger partial charge is 0.0744 e. The van der Waals surface area contributed by atoms with Crippen molar-refractivity contribution >= 4 is 10.9 Å². The summed E-state index contributed by atoms with van der Waals surface area (Å²) in [5.74, 6) is 0.162. The third kappa shape index (κ3) is 2.19. The van der Waals surface area contributed by atoms with Crippen molar-refractivity contribution in [1.82, 2.24) is 9.97 Å². The molecule has 0 radical (unpaired) electrons. The van der Waals surface area contributed by atoms with Gasteiger partial charge in [0.15, 0.2) is 0 Å². The van der Waals surface area contributed by atoms with E-state index in [2.05, 4.69) is 70.6 Å². The molecule has 2 heterocycles. The van der Waals surface area contributed by atoms with Gasteiger partial charge in [-0.1, -0.05) is 54.6 Å². The zero-order valence-electron chi connectivity index (χ0n) is 12.1. The van der Waals surface area contributed by atoms with Crippen LogP contribution in [0.2, 0.25) is 0 Å². The molecule has 1 unspecified atom stereocenters. The number of rotatable bonds is 3. The van der Waals surface area contributed by atoms with Crippen molar-refractivity contribution in [2.24, 2.45) is 0 Å². The van der Waals surface area contributed by atoms with Crippen molar-refractivity contribution in [2.45, 2.75) is 5.92 Å². The molecular formula is C20H16N2. The highest BCUT2D eigenvalue weighted by Crippen LogP contribution is 2.34. The van der Waals surface area contributed by atoms with E-state index in [1.165, 1.54) is 22.2 Å². The van der Waals surface area contributed by atoms with E-state index in [1.807, 2.05) is 24.5 Å². The maximum atomic E-state index is 4.62. The minimum Gasteiger partial charge on any atom is -0.364 e. The highest BCUT2D eigenvalue weighted by atomic mass is 14.7. The van der Waals surface area contributed by atoms with Gasteiger partial charge < -0.3 is 4.98 Å². The van der Waals surface area contributed by atoms with Gasteiger partial charge in [-0.3, -0.25) is 4.98 Å². The summed E-state index contributed by atoms with van der Waals surface area (Å²) in [7, 11) is 0. The highest BCUT2D eigenvalue weighted by molar-refractivity contribution is 5.83. The first-order chi connectivity index (χ1) is 10.9. The van der Waals surface area contributed by atoms with Crippen molar-refractivity contribution in [3.63, 3.8) is 0 Å². The second kappa shape index (κ2) is 5.49. The van der Waals surface area contributed by atoms with E-state index < -0.39 is 0 Å². The van der Waals surface area contributed by atoms with Gasteiger partial charge in [-0.2, -0.15) is 0 Å². The summed E-state index contributed by atoms with van der Waals surface area (Å²) in [4.78, 5) is 7.99. The van der Waals surface area contributed by atoms with Crippen LogP contribution in [-0.2, 0) is 0 Å². The van der Waals surface area contributed by atoms with Crippen LogP contribution in [0.3, 0.4) is 0 Å². The number of para-hydroxylation sites is 1. The molecule has 2 nitrogen and oxygen atoms in total. The first kappa shape index (κ1) is 12.8. The maximum Gasteiger partial charge on any atom is 0.0744 e. The molecular weight excluding hydrogens is 268 g/mol. The van der Waals surface area contributed by atoms with Gasteiger partial charge >= 0.3 is 0 Å². The Hall–Kier alpha value is -2.87. The number of nitrogens with one attached hydrogen (secondary N) is 1. The number of fused-ring (bicyclic) bond motifs is 1. The van der Waals surface area contributed by atoms with Gasteiger partial charge in [0.25, 0.3) is 0 Å². The summed E-state index contributed by atoms with van der Waals surface area (Å²) >= 11 is 0. The van der Waals surface area contributed by atoms with E-state index in [1.54, 1.807) is 0 Å². The SMILES string of the molecule is c1ccc(C(c2ccc[nH]2)c2cccc3cccnc23)cc1. The minimum absolute atomic E-state index is 0.162. The Morgan fingerprint density at radius 2 is 1.64 bits per heavy atom. The molecule has 0 aliphatic carbocycles. The van der Waals surface area contributed by atoms with Crippen LogP contribution < -0.4 is 0 Å². The second-order valence-corrected chi connectivity index (χ2v) is 5.39. The van der Waals surface area contributed by atoms with Crippen molar-refractivity contribution in [1.29, 1.82) is 0 Å². The summed E-state index contributed by atoms with van der Waals surface area (Å²) < 4.78 is 0. The largest absolute Gasteiger partial charge is 0.364 e. The standard InChI is InChI=1S/C20H16N2/c1-2-7-15(8-3-1)19(18-12-6-13-21-18)17-11-4-9-16-10-5-14-22-20(16)17/h1-14,19,21H. The van der Waals surface area contributed by atoms with Crippen molar-refractivity contribution in [2.75, 3.05) is 0 Å². The number of hydrogen-bond donors (Lipinski definition) is 1. The van der Waals surface area contributed by atoms with Crippen LogP contribution in [0.25, 0.3) is 10.9 Å². The van der Waals surface area contributed by atoms with E-state index in [-0.39, 0.29) is 5.92 Å². The average molecular weight is 284 g/mol. The predicted molar refractivity (Wildman–Crippen MR) is 89.9 cm³/mol. The van der Waals surface area contributed by atoms with Crippen LogP contribution in [0, 0.1) is 0 Å². The molecule has 1 atom stereocenters. The van der Waals surface area contributed by atoms with Gasteiger partial charge in [-0.15, -0.1) is 0 Å². The maximum absolute atomic E-state index is 4.62. The molecule has 4 rings (SSSR count). The molecule has 4 aromatic rings. The highest BCUT2D eigenvalue weighted by Gasteiger charge is 2.19. The zero-order valence-corrected chi connectivity index (χ0v) is 12.1. The van der Waals surface area contributed by atoms with Crippen LogP contribution >= 0.6 is 0 Å². The first-order valence-corrected chi connectivity index (χ1v) is 7.45. The van der Waals surface area contributed by atoms with Gasteiger partial charge in [0, 0.05) is 23.5 Å². The van der Waals surface area contributed by atoms with Crippen LogP contribution in [0.15, 0.2) is 85.2 Å². The van der Waals surface area contributed by atoms with Gasteiger partial charge in [-0.05, 0) is 29.3 Å². The minimum atomic E-state index is 0.162. The molecule has 2 aromatic carbocycles. The lowest BCUT2D eigenvalue weighted by Gasteiger charge is -2.18. The molecule has 0 aliphatic heterocycles.